The van der Waals surface area contributed by atoms with Gasteiger partial charge in [-0.3, -0.25) is 4.79 Å². The Morgan fingerprint density at radius 2 is 2.00 bits per heavy atom. The molecule has 1 aromatic heterocycles. The number of hydrogen-bond donors (Lipinski definition) is 0. The van der Waals surface area contributed by atoms with Gasteiger partial charge in [-0.05, 0) is 12.1 Å². The van der Waals surface area contributed by atoms with E-state index in [0.717, 1.165) is 5.56 Å². The number of aromatic nitrogens is 1. The van der Waals surface area contributed by atoms with E-state index in [2.05, 4.69) is 6.07 Å². The average molecular weight is 328 g/mol. The van der Waals surface area contributed by atoms with Crippen molar-refractivity contribution in [2.75, 3.05) is 6.61 Å². The first-order valence-corrected chi connectivity index (χ1v) is 5.40. The summed E-state index contributed by atoms with van der Waals surface area (Å²) in [5.74, 6) is 0.626. The number of hydrogen-bond acceptors (Lipinski definition) is 3. The van der Waals surface area contributed by atoms with Crippen molar-refractivity contribution in [2.24, 2.45) is 7.05 Å². The molecule has 2 rings (SSSR count). The van der Waals surface area contributed by atoms with E-state index in [4.69, 9.17) is 10.00 Å². The van der Waals surface area contributed by atoms with Crippen LogP contribution in [0.5, 0.6) is 5.75 Å². The molecular formula is C14H11N2O2Y-. The molecule has 0 N–H and O–H groups in total. The van der Waals surface area contributed by atoms with Crippen molar-refractivity contribution in [3.8, 4) is 23.1 Å². The van der Waals surface area contributed by atoms with Crippen LogP contribution in [0.15, 0.2) is 41.2 Å². The number of benzene rings is 1. The molecule has 93 valence electrons. The van der Waals surface area contributed by atoms with Crippen molar-refractivity contribution < 1.29 is 37.4 Å². The second kappa shape index (κ2) is 7.23. The van der Waals surface area contributed by atoms with Gasteiger partial charge >= 0.3 is 0 Å². The maximum atomic E-state index is 11.5. The van der Waals surface area contributed by atoms with Gasteiger partial charge in [0.2, 0.25) is 0 Å². The molecule has 0 aliphatic carbocycles. The molecule has 2 aromatic rings. The Labute approximate surface area is 136 Å². The molecule has 1 radical (unpaired) electrons. The van der Waals surface area contributed by atoms with E-state index in [1.807, 2.05) is 18.2 Å². The number of pyridine rings is 1. The Kier molecular flexibility index (Phi) is 5.94. The van der Waals surface area contributed by atoms with Gasteiger partial charge in [0, 0.05) is 39.8 Å². The fourth-order valence-corrected chi connectivity index (χ4v) is 1.61. The molecule has 1 aromatic carbocycles. The van der Waals surface area contributed by atoms with Crippen LogP contribution in [-0.4, -0.2) is 11.2 Å². The second-order valence-corrected chi connectivity index (χ2v) is 3.69. The smallest absolute Gasteiger partial charge is 0.194 e. The van der Waals surface area contributed by atoms with Crippen LogP contribution in [0.1, 0.15) is 0 Å². The molecule has 0 atom stereocenters. The van der Waals surface area contributed by atoms with Crippen LogP contribution >= 0.6 is 0 Å². The molecule has 0 saturated carbocycles. The standard InChI is InChI=1S/C14H11N2O2.Y/c1-16-13(3-2-4-14(16)17)11-5-7-12(8-6-11)18-10-9-15;/h2,4-8H,10H2,1H3;/q-1;. The maximum absolute atomic E-state index is 11.5. The first kappa shape index (κ1) is 15.6. The van der Waals surface area contributed by atoms with Crippen molar-refractivity contribution in [1.29, 1.82) is 5.26 Å². The Morgan fingerprint density at radius 3 is 2.63 bits per heavy atom. The summed E-state index contributed by atoms with van der Waals surface area (Å²) in [7, 11) is 1.70. The summed E-state index contributed by atoms with van der Waals surface area (Å²) in [5.41, 5.74) is 1.52. The molecule has 0 amide bonds. The van der Waals surface area contributed by atoms with Gasteiger partial charge in [-0.25, -0.2) is 0 Å². The maximum Gasteiger partial charge on any atom is 0.194 e. The van der Waals surface area contributed by atoms with Crippen molar-refractivity contribution in [3.63, 3.8) is 0 Å². The molecule has 1 heterocycles. The molecule has 0 aliphatic rings. The van der Waals surface area contributed by atoms with Crippen molar-refractivity contribution in [1.82, 2.24) is 4.57 Å². The van der Waals surface area contributed by atoms with Gasteiger partial charge in [-0.1, -0.05) is 17.3 Å². The normalized spacial score (nSPS) is 9.26. The molecule has 0 fully saturated rings. The third-order valence-corrected chi connectivity index (χ3v) is 2.54. The van der Waals surface area contributed by atoms with E-state index in [9.17, 15) is 4.79 Å². The molecule has 4 nitrogen and oxygen atoms in total. The Morgan fingerprint density at radius 1 is 1.32 bits per heavy atom. The zero-order chi connectivity index (χ0) is 13.0. The predicted molar refractivity (Wildman–Crippen MR) is 67.1 cm³/mol. The topological polar surface area (TPSA) is 55.0 Å². The molecule has 19 heavy (non-hydrogen) atoms. The summed E-state index contributed by atoms with van der Waals surface area (Å²) in [6.07, 6.45) is 0. The van der Waals surface area contributed by atoms with Crippen LogP contribution in [0.25, 0.3) is 11.3 Å². The van der Waals surface area contributed by atoms with Crippen LogP contribution in [0.4, 0.5) is 0 Å². The molecule has 5 heteroatoms. The van der Waals surface area contributed by atoms with E-state index < -0.39 is 0 Å². The fourth-order valence-electron chi connectivity index (χ4n) is 1.61. The van der Waals surface area contributed by atoms with E-state index in [-0.39, 0.29) is 44.9 Å². The third kappa shape index (κ3) is 3.76. The van der Waals surface area contributed by atoms with Crippen molar-refractivity contribution in [2.45, 2.75) is 0 Å². The molecule has 0 saturated heterocycles. The summed E-state index contributed by atoms with van der Waals surface area (Å²) in [4.78, 5) is 11.5. The molecule has 0 unspecified atom stereocenters. The van der Waals surface area contributed by atoms with Crippen LogP contribution in [0.3, 0.4) is 0 Å². The van der Waals surface area contributed by atoms with Gasteiger partial charge in [-0.15, -0.1) is 12.1 Å². The molecule has 0 bridgehead atoms. The van der Waals surface area contributed by atoms with Gasteiger partial charge in [0.25, 0.3) is 0 Å². The number of rotatable bonds is 3. The summed E-state index contributed by atoms with van der Waals surface area (Å²) in [6, 6.07) is 15.2. The minimum absolute atomic E-state index is 0. The second-order valence-electron chi connectivity index (χ2n) is 3.69. The third-order valence-electron chi connectivity index (χ3n) is 2.54. The minimum atomic E-state index is -0.0754. The van der Waals surface area contributed by atoms with Crippen molar-refractivity contribution >= 4 is 0 Å². The van der Waals surface area contributed by atoms with Crippen molar-refractivity contribution in [3.05, 3.63) is 52.8 Å². The molecule has 0 aliphatic heterocycles. The largest absolute Gasteiger partial charge is 0.479 e. The van der Waals surface area contributed by atoms with E-state index >= 15 is 0 Å². The summed E-state index contributed by atoms with van der Waals surface area (Å²) in [6.45, 7) is 0.0231. The predicted octanol–water partition coefficient (Wildman–Crippen LogP) is 1.75. The van der Waals surface area contributed by atoms with Crippen LogP contribution < -0.4 is 10.3 Å². The summed E-state index contributed by atoms with van der Waals surface area (Å²) >= 11 is 0. The summed E-state index contributed by atoms with van der Waals surface area (Å²) in [5, 5.41) is 8.41. The Bertz CT molecular complexity index is 642. The number of nitrogens with zero attached hydrogens (tertiary/aromatic N) is 2. The van der Waals surface area contributed by atoms with Crippen LogP contribution in [0, 0.1) is 17.4 Å². The van der Waals surface area contributed by atoms with Gasteiger partial charge in [0.15, 0.2) is 12.2 Å². The van der Waals surface area contributed by atoms with Gasteiger partial charge < -0.3 is 9.30 Å². The first-order valence-electron chi connectivity index (χ1n) is 5.40. The quantitative estimate of drug-likeness (QED) is 0.807. The Hall–Kier alpha value is -1.44. The summed E-state index contributed by atoms with van der Waals surface area (Å²) < 4.78 is 6.69. The SMILES string of the molecule is Cn1c(-c2ccc(OCC#N)cc2)[c-]ccc1=O.[Y]. The number of nitriles is 1. The van der Waals surface area contributed by atoms with Gasteiger partial charge in [0.05, 0.1) is 0 Å². The Balaban J connectivity index is 0.00000180. The van der Waals surface area contributed by atoms with Crippen LogP contribution in [-0.2, 0) is 39.8 Å². The zero-order valence-corrected chi connectivity index (χ0v) is 13.3. The van der Waals surface area contributed by atoms with E-state index in [1.54, 1.807) is 25.2 Å². The molecular weight excluding hydrogens is 317 g/mol. The fraction of sp³-hybridized carbons (Fsp3) is 0.143. The van der Waals surface area contributed by atoms with Gasteiger partial charge in [-0.2, -0.15) is 17.4 Å². The minimum Gasteiger partial charge on any atom is -0.479 e. The monoisotopic (exact) mass is 328 g/mol. The molecule has 0 spiro atoms. The zero-order valence-electron chi connectivity index (χ0n) is 10.5. The van der Waals surface area contributed by atoms with Gasteiger partial charge in [0.1, 0.15) is 11.8 Å². The van der Waals surface area contributed by atoms with E-state index in [1.165, 1.54) is 10.6 Å². The first-order chi connectivity index (χ1) is 8.72. The van der Waals surface area contributed by atoms with Crippen LogP contribution in [0.2, 0.25) is 0 Å². The average Bonchev–Trinajstić information content (AvgIpc) is 2.40. The van der Waals surface area contributed by atoms with E-state index in [0.29, 0.717) is 11.4 Å². The number of ether oxygens (including phenoxy) is 1.